The first kappa shape index (κ1) is 20.5. The fraction of sp³-hybridized carbons (Fsp3) is 0.227. The lowest BCUT2D eigenvalue weighted by atomic mass is 9.95. The van der Waals surface area contributed by atoms with E-state index >= 15 is 0 Å². The molecule has 0 saturated heterocycles. The number of benzene rings is 2. The van der Waals surface area contributed by atoms with Gasteiger partial charge in [0.15, 0.2) is 5.11 Å². The molecule has 1 aliphatic heterocycles. The molecule has 0 fully saturated rings. The summed E-state index contributed by atoms with van der Waals surface area (Å²) < 4.78 is 4.98. The molecule has 3 rings (SSSR count). The largest absolute Gasteiger partial charge is 0.466 e. The Morgan fingerprint density at radius 1 is 1.14 bits per heavy atom. The number of carbonyl (C=O) groups excluding carboxylic acids is 2. The predicted octanol–water partition coefficient (Wildman–Crippen LogP) is 3.56. The molecule has 0 bridgehead atoms. The second-order valence-corrected chi connectivity index (χ2v) is 7.21. The van der Waals surface area contributed by atoms with Gasteiger partial charge in [-0.25, -0.2) is 4.79 Å². The monoisotopic (exact) mass is 409 g/mol. The molecule has 0 radical (unpaired) electrons. The van der Waals surface area contributed by atoms with Crippen molar-refractivity contribution in [2.24, 2.45) is 0 Å². The molecule has 7 heteroatoms. The van der Waals surface area contributed by atoms with Gasteiger partial charge >= 0.3 is 5.97 Å². The summed E-state index contributed by atoms with van der Waals surface area (Å²) in [6, 6.07) is 14.3. The SMILES string of the molecule is COC(=O)C1=C(C)N(C)C(=S)NC1c1cccc(NC(=O)c2ccccc2C)c1. The number of anilines is 1. The van der Waals surface area contributed by atoms with Gasteiger partial charge in [-0.2, -0.15) is 0 Å². The van der Waals surface area contributed by atoms with Gasteiger partial charge in [-0.1, -0.05) is 30.3 Å². The molecule has 2 N–H and O–H groups in total. The van der Waals surface area contributed by atoms with Crippen molar-refractivity contribution in [3.05, 3.63) is 76.5 Å². The van der Waals surface area contributed by atoms with Gasteiger partial charge in [0.25, 0.3) is 5.91 Å². The molecule has 150 valence electrons. The van der Waals surface area contributed by atoms with Gasteiger partial charge in [-0.3, -0.25) is 4.79 Å². The summed E-state index contributed by atoms with van der Waals surface area (Å²) in [4.78, 5) is 26.8. The van der Waals surface area contributed by atoms with E-state index in [9.17, 15) is 9.59 Å². The third-order valence-electron chi connectivity index (χ3n) is 5.03. The number of allylic oxidation sites excluding steroid dienone is 1. The zero-order chi connectivity index (χ0) is 21.1. The number of nitrogens with zero attached hydrogens (tertiary/aromatic N) is 1. The molecule has 0 aliphatic carbocycles. The first-order chi connectivity index (χ1) is 13.8. The van der Waals surface area contributed by atoms with Gasteiger partial charge in [0, 0.05) is 24.0 Å². The van der Waals surface area contributed by atoms with Crippen molar-refractivity contribution < 1.29 is 14.3 Å². The molecule has 1 atom stereocenters. The third kappa shape index (κ3) is 4.14. The first-order valence-electron chi connectivity index (χ1n) is 9.13. The Kier molecular flexibility index (Phi) is 5.98. The van der Waals surface area contributed by atoms with Crippen molar-refractivity contribution in [3.63, 3.8) is 0 Å². The van der Waals surface area contributed by atoms with Crippen LogP contribution in [0.4, 0.5) is 5.69 Å². The molecule has 2 aromatic rings. The molecular weight excluding hydrogens is 386 g/mol. The second kappa shape index (κ2) is 8.45. The summed E-state index contributed by atoms with van der Waals surface area (Å²) in [6.45, 7) is 3.72. The van der Waals surface area contributed by atoms with Crippen LogP contribution in [-0.2, 0) is 9.53 Å². The van der Waals surface area contributed by atoms with E-state index in [0.29, 0.717) is 21.9 Å². The highest BCUT2D eigenvalue weighted by Gasteiger charge is 2.33. The molecule has 1 aliphatic rings. The number of methoxy groups -OCH3 is 1. The van der Waals surface area contributed by atoms with Gasteiger partial charge in [-0.05, 0) is 55.4 Å². The number of hydrogen-bond acceptors (Lipinski definition) is 4. The van der Waals surface area contributed by atoms with Gasteiger partial charge in [0.05, 0.1) is 18.7 Å². The molecule has 1 heterocycles. The second-order valence-electron chi connectivity index (χ2n) is 6.83. The van der Waals surface area contributed by atoms with Crippen LogP contribution in [-0.4, -0.2) is 36.0 Å². The van der Waals surface area contributed by atoms with E-state index in [2.05, 4.69) is 10.6 Å². The van der Waals surface area contributed by atoms with Crippen LogP contribution < -0.4 is 10.6 Å². The highest BCUT2D eigenvalue weighted by molar-refractivity contribution is 7.80. The van der Waals surface area contributed by atoms with Gasteiger partial charge in [0.1, 0.15) is 0 Å². The maximum Gasteiger partial charge on any atom is 0.337 e. The van der Waals surface area contributed by atoms with Crippen LogP contribution in [0.1, 0.15) is 34.5 Å². The quantitative estimate of drug-likeness (QED) is 0.594. The van der Waals surface area contributed by atoms with E-state index in [0.717, 1.165) is 16.8 Å². The number of rotatable bonds is 4. The lowest BCUT2D eigenvalue weighted by Crippen LogP contribution is -2.46. The topological polar surface area (TPSA) is 70.7 Å². The van der Waals surface area contributed by atoms with E-state index in [4.69, 9.17) is 17.0 Å². The average molecular weight is 410 g/mol. The third-order valence-corrected chi connectivity index (χ3v) is 5.42. The summed E-state index contributed by atoms with van der Waals surface area (Å²) in [6.07, 6.45) is 0. The van der Waals surface area contributed by atoms with Crippen LogP contribution in [0.25, 0.3) is 0 Å². The molecule has 0 aromatic heterocycles. The number of carbonyl (C=O) groups is 2. The van der Waals surface area contributed by atoms with Crippen LogP contribution in [0.2, 0.25) is 0 Å². The Balaban J connectivity index is 1.94. The molecule has 0 spiro atoms. The summed E-state index contributed by atoms with van der Waals surface area (Å²) in [5.41, 5.74) is 4.13. The summed E-state index contributed by atoms with van der Waals surface area (Å²) >= 11 is 5.40. The normalized spacial score (nSPS) is 16.3. The minimum absolute atomic E-state index is 0.188. The van der Waals surface area contributed by atoms with Crippen molar-refractivity contribution in [1.82, 2.24) is 10.2 Å². The van der Waals surface area contributed by atoms with Gasteiger partial charge < -0.3 is 20.3 Å². The Morgan fingerprint density at radius 2 is 1.86 bits per heavy atom. The molecule has 2 aromatic carbocycles. The van der Waals surface area contributed by atoms with E-state index in [1.165, 1.54) is 7.11 Å². The van der Waals surface area contributed by atoms with Crippen molar-refractivity contribution >= 4 is 34.9 Å². The average Bonchev–Trinajstić information content (AvgIpc) is 2.71. The zero-order valence-electron chi connectivity index (χ0n) is 16.8. The summed E-state index contributed by atoms with van der Waals surface area (Å²) in [7, 11) is 3.15. The van der Waals surface area contributed by atoms with Gasteiger partial charge in [-0.15, -0.1) is 0 Å². The smallest absolute Gasteiger partial charge is 0.337 e. The minimum atomic E-state index is -0.471. The Hall–Kier alpha value is -3.19. The number of aryl methyl sites for hydroxylation is 1. The number of nitrogens with one attached hydrogen (secondary N) is 2. The van der Waals surface area contributed by atoms with E-state index in [-0.39, 0.29) is 5.91 Å². The molecular formula is C22H23N3O3S. The van der Waals surface area contributed by atoms with Crippen LogP contribution in [0.3, 0.4) is 0 Å². The van der Waals surface area contributed by atoms with Crippen LogP contribution in [0.15, 0.2) is 59.8 Å². The van der Waals surface area contributed by atoms with Crippen molar-refractivity contribution in [3.8, 4) is 0 Å². The summed E-state index contributed by atoms with van der Waals surface area (Å²) in [5, 5.41) is 6.62. The Labute approximate surface area is 175 Å². The van der Waals surface area contributed by atoms with Gasteiger partial charge in [0.2, 0.25) is 0 Å². The molecule has 1 unspecified atom stereocenters. The molecule has 0 saturated carbocycles. The predicted molar refractivity (Wildman–Crippen MR) is 117 cm³/mol. The number of hydrogen-bond donors (Lipinski definition) is 2. The minimum Gasteiger partial charge on any atom is -0.466 e. The summed E-state index contributed by atoms with van der Waals surface area (Å²) in [5.74, 6) is -0.615. The number of ether oxygens (including phenoxy) is 1. The fourth-order valence-electron chi connectivity index (χ4n) is 3.28. The Morgan fingerprint density at radius 3 is 2.55 bits per heavy atom. The maximum absolute atomic E-state index is 12.7. The van der Waals surface area contributed by atoms with Crippen LogP contribution in [0, 0.1) is 6.92 Å². The highest BCUT2D eigenvalue weighted by atomic mass is 32.1. The number of amides is 1. The first-order valence-corrected chi connectivity index (χ1v) is 9.54. The maximum atomic E-state index is 12.7. The lowest BCUT2D eigenvalue weighted by Gasteiger charge is -2.35. The van der Waals surface area contributed by atoms with Crippen LogP contribution in [0.5, 0.6) is 0 Å². The van der Waals surface area contributed by atoms with E-state index < -0.39 is 12.0 Å². The van der Waals surface area contributed by atoms with E-state index in [1.807, 2.05) is 50.2 Å². The fourth-order valence-corrected chi connectivity index (χ4v) is 3.54. The van der Waals surface area contributed by atoms with Crippen molar-refractivity contribution in [1.29, 1.82) is 0 Å². The standard InChI is InChI=1S/C22H23N3O3S/c1-13-8-5-6-11-17(13)20(26)23-16-10-7-9-15(12-16)19-18(21(27)28-4)14(2)25(3)22(29)24-19/h5-12,19H,1-4H3,(H,23,26)(H,24,29). The molecule has 6 nitrogen and oxygen atoms in total. The number of esters is 1. The number of thiocarbonyl (C=S) groups is 1. The van der Waals surface area contributed by atoms with E-state index in [1.54, 1.807) is 24.1 Å². The van der Waals surface area contributed by atoms with Crippen molar-refractivity contribution in [2.75, 3.05) is 19.5 Å². The van der Waals surface area contributed by atoms with Crippen molar-refractivity contribution in [2.45, 2.75) is 19.9 Å². The Bertz CT molecular complexity index is 1020. The zero-order valence-corrected chi connectivity index (χ0v) is 17.6. The molecule has 29 heavy (non-hydrogen) atoms. The highest BCUT2D eigenvalue weighted by Crippen LogP contribution is 2.31. The molecule has 1 amide bonds. The van der Waals surface area contributed by atoms with Crippen LogP contribution >= 0.6 is 12.2 Å². The lowest BCUT2D eigenvalue weighted by molar-refractivity contribution is -0.136.